The smallest absolute Gasteiger partial charge is 0.257 e. The summed E-state index contributed by atoms with van der Waals surface area (Å²) >= 11 is 5.92. The number of hydrogen-bond acceptors (Lipinski definition) is 4. The Bertz CT molecular complexity index is 705. The van der Waals surface area contributed by atoms with Gasteiger partial charge in [-0.25, -0.2) is 0 Å². The van der Waals surface area contributed by atoms with Crippen LogP contribution in [-0.4, -0.2) is 25.9 Å². The van der Waals surface area contributed by atoms with Crippen LogP contribution in [0.1, 0.15) is 5.56 Å². The Hall–Kier alpha value is -2.40. The Balaban J connectivity index is 1.41. The Labute approximate surface area is 139 Å². The van der Waals surface area contributed by atoms with Crippen molar-refractivity contribution >= 4 is 17.5 Å². The van der Waals surface area contributed by atoms with Gasteiger partial charge in [0.15, 0.2) is 18.1 Å². The molecule has 1 N–H and O–H groups in total. The van der Waals surface area contributed by atoms with E-state index in [1.807, 2.05) is 24.3 Å². The van der Waals surface area contributed by atoms with Crippen LogP contribution in [0.15, 0.2) is 42.5 Å². The first-order valence-electron chi connectivity index (χ1n) is 7.24. The van der Waals surface area contributed by atoms with Gasteiger partial charge in [0.25, 0.3) is 5.91 Å². The zero-order valence-electron chi connectivity index (χ0n) is 12.4. The SMILES string of the molecule is O=C(COc1ccc2c(c1)OCO2)NCCc1cccc(Cl)c1. The summed E-state index contributed by atoms with van der Waals surface area (Å²) in [5.74, 6) is 1.70. The van der Waals surface area contributed by atoms with Gasteiger partial charge >= 0.3 is 0 Å². The van der Waals surface area contributed by atoms with Crippen molar-refractivity contribution in [1.82, 2.24) is 5.32 Å². The molecule has 1 aliphatic rings. The molecule has 0 aliphatic carbocycles. The molecule has 120 valence electrons. The van der Waals surface area contributed by atoms with E-state index >= 15 is 0 Å². The van der Waals surface area contributed by atoms with Crippen LogP contribution >= 0.6 is 11.6 Å². The summed E-state index contributed by atoms with van der Waals surface area (Å²) in [5.41, 5.74) is 1.08. The molecule has 3 rings (SSSR count). The molecule has 2 aromatic rings. The predicted molar refractivity (Wildman–Crippen MR) is 86.2 cm³/mol. The fraction of sp³-hybridized carbons (Fsp3) is 0.235. The van der Waals surface area contributed by atoms with Gasteiger partial charge in [-0.3, -0.25) is 4.79 Å². The van der Waals surface area contributed by atoms with E-state index in [9.17, 15) is 4.79 Å². The third-order valence-electron chi connectivity index (χ3n) is 3.34. The molecule has 0 atom stereocenters. The molecular weight excluding hydrogens is 318 g/mol. The van der Waals surface area contributed by atoms with Crippen LogP contribution in [0.3, 0.4) is 0 Å². The molecule has 1 heterocycles. The van der Waals surface area contributed by atoms with Crippen molar-refractivity contribution in [3.63, 3.8) is 0 Å². The van der Waals surface area contributed by atoms with Gasteiger partial charge in [0.05, 0.1) is 0 Å². The summed E-state index contributed by atoms with van der Waals surface area (Å²) in [7, 11) is 0. The van der Waals surface area contributed by atoms with Crippen molar-refractivity contribution in [2.45, 2.75) is 6.42 Å². The summed E-state index contributed by atoms with van der Waals surface area (Å²) < 4.78 is 15.9. The average molecular weight is 334 g/mol. The summed E-state index contributed by atoms with van der Waals surface area (Å²) in [6.07, 6.45) is 0.719. The van der Waals surface area contributed by atoms with Gasteiger partial charge in [-0.2, -0.15) is 0 Å². The molecule has 6 heteroatoms. The lowest BCUT2D eigenvalue weighted by atomic mass is 10.1. The lowest BCUT2D eigenvalue weighted by Crippen LogP contribution is -2.30. The van der Waals surface area contributed by atoms with E-state index in [2.05, 4.69) is 5.32 Å². The summed E-state index contributed by atoms with van der Waals surface area (Å²) in [6, 6.07) is 12.8. The van der Waals surface area contributed by atoms with Crippen molar-refractivity contribution in [2.24, 2.45) is 0 Å². The average Bonchev–Trinajstić information content (AvgIpc) is 3.00. The molecule has 5 nitrogen and oxygen atoms in total. The number of rotatable bonds is 6. The molecule has 0 radical (unpaired) electrons. The second-order valence-electron chi connectivity index (χ2n) is 5.03. The maximum atomic E-state index is 11.8. The van der Waals surface area contributed by atoms with Gasteiger partial charge in [0, 0.05) is 17.6 Å². The minimum Gasteiger partial charge on any atom is -0.484 e. The fourth-order valence-corrected chi connectivity index (χ4v) is 2.42. The number of halogens is 1. The van der Waals surface area contributed by atoms with E-state index in [1.54, 1.807) is 18.2 Å². The summed E-state index contributed by atoms with van der Waals surface area (Å²) in [6.45, 7) is 0.696. The van der Waals surface area contributed by atoms with Gasteiger partial charge in [-0.1, -0.05) is 23.7 Å². The fourth-order valence-electron chi connectivity index (χ4n) is 2.21. The Morgan fingerprint density at radius 3 is 2.91 bits per heavy atom. The third-order valence-corrected chi connectivity index (χ3v) is 3.57. The zero-order valence-corrected chi connectivity index (χ0v) is 13.1. The summed E-state index contributed by atoms with van der Waals surface area (Å²) in [4.78, 5) is 11.8. The molecule has 23 heavy (non-hydrogen) atoms. The standard InChI is InChI=1S/C17H16ClNO4/c18-13-3-1-2-12(8-13)6-7-19-17(20)10-21-14-4-5-15-16(9-14)23-11-22-15/h1-5,8-9H,6-7,10-11H2,(H,19,20). The molecule has 1 amide bonds. The van der Waals surface area contributed by atoms with E-state index in [4.69, 9.17) is 25.8 Å². The van der Waals surface area contributed by atoms with Gasteiger partial charge in [-0.15, -0.1) is 0 Å². The monoisotopic (exact) mass is 333 g/mol. The molecule has 0 unspecified atom stereocenters. The van der Waals surface area contributed by atoms with Crippen molar-refractivity contribution in [3.05, 3.63) is 53.1 Å². The van der Waals surface area contributed by atoms with Crippen LogP contribution in [0.5, 0.6) is 17.2 Å². The second kappa shape index (κ2) is 7.24. The van der Waals surface area contributed by atoms with Gasteiger partial charge in [-0.05, 0) is 36.2 Å². The van der Waals surface area contributed by atoms with Gasteiger partial charge in [0.2, 0.25) is 6.79 Å². The van der Waals surface area contributed by atoms with Crippen LogP contribution in [0.25, 0.3) is 0 Å². The van der Waals surface area contributed by atoms with E-state index in [0.717, 1.165) is 12.0 Å². The molecule has 0 aromatic heterocycles. The predicted octanol–water partition coefficient (Wildman–Crippen LogP) is 2.81. The number of ether oxygens (including phenoxy) is 3. The highest BCUT2D eigenvalue weighted by Crippen LogP contribution is 2.34. The van der Waals surface area contributed by atoms with E-state index in [1.165, 1.54) is 0 Å². The number of carbonyl (C=O) groups excluding carboxylic acids is 1. The van der Waals surface area contributed by atoms with Crippen LogP contribution in [0.4, 0.5) is 0 Å². The molecule has 2 aromatic carbocycles. The number of amides is 1. The quantitative estimate of drug-likeness (QED) is 0.883. The number of hydrogen-bond donors (Lipinski definition) is 1. The number of benzene rings is 2. The first kappa shape index (κ1) is 15.5. The van der Waals surface area contributed by atoms with E-state index in [0.29, 0.717) is 28.8 Å². The first-order valence-corrected chi connectivity index (χ1v) is 7.62. The highest BCUT2D eigenvalue weighted by Gasteiger charge is 2.14. The van der Waals surface area contributed by atoms with Crippen LogP contribution in [-0.2, 0) is 11.2 Å². The number of carbonyl (C=O) groups is 1. The van der Waals surface area contributed by atoms with Crippen molar-refractivity contribution < 1.29 is 19.0 Å². The topological polar surface area (TPSA) is 56.8 Å². The highest BCUT2D eigenvalue weighted by molar-refractivity contribution is 6.30. The van der Waals surface area contributed by atoms with E-state index < -0.39 is 0 Å². The normalized spacial score (nSPS) is 12.0. The second-order valence-corrected chi connectivity index (χ2v) is 5.47. The molecule has 0 bridgehead atoms. The molecule has 0 saturated heterocycles. The van der Waals surface area contributed by atoms with Gasteiger partial charge in [0.1, 0.15) is 5.75 Å². The highest BCUT2D eigenvalue weighted by atomic mass is 35.5. The molecule has 1 aliphatic heterocycles. The summed E-state index contributed by atoms with van der Waals surface area (Å²) in [5, 5.41) is 3.50. The van der Waals surface area contributed by atoms with Crippen molar-refractivity contribution in [2.75, 3.05) is 19.9 Å². The number of nitrogens with one attached hydrogen (secondary N) is 1. The third kappa shape index (κ3) is 4.29. The Kier molecular flexibility index (Phi) is 4.88. The largest absolute Gasteiger partial charge is 0.484 e. The van der Waals surface area contributed by atoms with Crippen molar-refractivity contribution in [3.8, 4) is 17.2 Å². The number of fused-ring (bicyclic) bond motifs is 1. The van der Waals surface area contributed by atoms with Crippen molar-refractivity contribution in [1.29, 1.82) is 0 Å². The maximum Gasteiger partial charge on any atom is 0.257 e. The van der Waals surface area contributed by atoms with Crippen LogP contribution < -0.4 is 19.5 Å². The first-order chi connectivity index (χ1) is 11.2. The minimum absolute atomic E-state index is 0.0464. The molecule has 0 fully saturated rings. The minimum atomic E-state index is -0.176. The zero-order chi connectivity index (χ0) is 16.1. The lowest BCUT2D eigenvalue weighted by molar-refractivity contribution is -0.123. The Morgan fingerprint density at radius 2 is 2.04 bits per heavy atom. The maximum absolute atomic E-state index is 11.8. The van der Waals surface area contributed by atoms with Gasteiger partial charge < -0.3 is 19.5 Å². The lowest BCUT2D eigenvalue weighted by Gasteiger charge is -2.08. The Morgan fingerprint density at radius 1 is 1.17 bits per heavy atom. The van der Waals surface area contributed by atoms with Crippen LogP contribution in [0, 0.1) is 0 Å². The van der Waals surface area contributed by atoms with E-state index in [-0.39, 0.29) is 19.3 Å². The van der Waals surface area contributed by atoms with Crippen LogP contribution in [0.2, 0.25) is 5.02 Å². The molecule has 0 saturated carbocycles. The molecular formula is C17H16ClNO4. The molecule has 0 spiro atoms.